The molecule has 1 aromatic heterocycles. The van der Waals surface area contributed by atoms with Crippen molar-refractivity contribution in [2.45, 2.75) is 47.6 Å². The second-order valence-electron chi connectivity index (χ2n) is 8.86. The molecule has 0 aliphatic rings. The minimum absolute atomic E-state index is 0.0399. The summed E-state index contributed by atoms with van der Waals surface area (Å²) >= 11 is 0. The summed E-state index contributed by atoms with van der Waals surface area (Å²) in [5.74, 6) is 1.36. The van der Waals surface area contributed by atoms with Crippen molar-refractivity contribution in [3.8, 4) is 5.75 Å². The van der Waals surface area contributed by atoms with Gasteiger partial charge in [0.15, 0.2) is 11.5 Å². The zero-order chi connectivity index (χ0) is 22.3. The van der Waals surface area contributed by atoms with E-state index in [0.717, 1.165) is 11.3 Å². The fourth-order valence-corrected chi connectivity index (χ4v) is 3.02. The third kappa shape index (κ3) is 6.90. The Morgan fingerprint density at radius 2 is 1.87 bits per heavy atom. The molecule has 0 radical (unpaired) electrons. The molecular weight excluding hydrogens is 382 g/mol. The van der Waals surface area contributed by atoms with Gasteiger partial charge in [0.25, 0.3) is 5.91 Å². The number of rotatable bonds is 9. The van der Waals surface area contributed by atoms with Crippen LogP contribution in [0.5, 0.6) is 5.75 Å². The number of carbonyl (C=O) groups excluding carboxylic acids is 2. The van der Waals surface area contributed by atoms with Gasteiger partial charge >= 0.3 is 0 Å². The molecule has 7 nitrogen and oxygen atoms in total. The van der Waals surface area contributed by atoms with Crippen LogP contribution >= 0.6 is 0 Å². The SMILES string of the molecule is COc1ccc(CCNC(=O)c2cc(CN(CC(C)C)C(=O)C(C)(C)C)on2)cc1. The van der Waals surface area contributed by atoms with Gasteiger partial charge < -0.3 is 19.5 Å². The van der Waals surface area contributed by atoms with Gasteiger partial charge in [-0.3, -0.25) is 9.59 Å². The van der Waals surface area contributed by atoms with Gasteiger partial charge in [0.2, 0.25) is 5.91 Å². The van der Waals surface area contributed by atoms with Crippen molar-refractivity contribution in [2.24, 2.45) is 11.3 Å². The zero-order valence-electron chi connectivity index (χ0n) is 18.8. The molecule has 0 aliphatic carbocycles. The number of aromatic nitrogens is 1. The summed E-state index contributed by atoms with van der Waals surface area (Å²) in [6.07, 6.45) is 0.697. The fourth-order valence-electron chi connectivity index (χ4n) is 3.02. The van der Waals surface area contributed by atoms with Crippen molar-refractivity contribution in [2.75, 3.05) is 20.2 Å². The van der Waals surface area contributed by atoms with Crippen molar-refractivity contribution in [3.05, 3.63) is 47.3 Å². The number of carbonyl (C=O) groups is 2. The highest BCUT2D eigenvalue weighted by molar-refractivity contribution is 5.92. The van der Waals surface area contributed by atoms with Gasteiger partial charge in [-0.2, -0.15) is 0 Å². The minimum Gasteiger partial charge on any atom is -0.497 e. The van der Waals surface area contributed by atoms with Gasteiger partial charge in [-0.25, -0.2) is 0 Å². The maximum atomic E-state index is 12.7. The van der Waals surface area contributed by atoms with Crippen LogP contribution in [-0.2, 0) is 17.8 Å². The number of methoxy groups -OCH3 is 1. The Kier molecular flexibility index (Phi) is 8.03. The number of hydrogen-bond acceptors (Lipinski definition) is 5. The van der Waals surface area contributed by atoms with E-state index in [1.807, 2.05) is 45.0 Å². The lowest BCUT2D eigenvalue weighted by molar-refractivity contribution is -0.141. The Balaban J connectivity index is 1.93. The van der Waals surface area contributed by atoms with Gasteiger partial charge in [-0.05, 0) is 30.0 Å². The molecule has 7 heteroatoms. The third-order valence-corrected chi connectivity index (χ3v) is 4.51. The normalized spacial score (nSPS) is 11.4. The van der Waals surface area contributed by atoms with Gasteiger partial charge in [-0.1, -0.05) is 51.9 Å². The summed E-state index contributed by atoms with van der Waals surface area (Å²) in [6.45, 7) is 11.2. The van der Waals surface area contributed by atoms with E-state index in [1.54, 1.807) is 18.1 Å². The molecule has 164 valence electrons. The molecule has 0 bridgehead atoms. The van der Waals surface area contributed by atoms with Gasteiger partial charge in [0, 0.05) is 24.6 Å². The second kappa shape index (κ2) is 10.3. The summed E-state index contributed by atoms with van der Waals surface area (Å²) in [6, 6.07) is 9.32. The minimum atomic E-state index is -0.490. The van der Waals surface area contributed by atoms with Crippen LogP contribution in [0, 0.1) is 11.3 Å². The van der Waals surface area contributed by atoms with Crippen LogP contribution in [0.15, 0.2) is 34.9 Å². The van der Waals surface area contributed by atoms with Crippen LogP contribution < -0.4 is 10.1 Å². The molecule has 0 fully saturated rings. The Labute approximate surface area is 178 Å². The molecule has 2 aromatic rings. The van der Waals surface area contributed by atoms with E-state index in [0.29, 0.717) is 37.7 Å². The highest BCUT2D eigenvalue weighted by Gasteiger charge is 2.28. The van der Waals surface area contributed by atoms with E-state index in [-0.39, 0.29) is 17.5 Å². The van der Waals surface area contributed by atoms with Crippen LogP contribution in [0.1, 0.15) is 56.4 Å². The molecule has 1 N–H and O–H groups in total. The summed E-state index contributed by atoms with van der Waals surface area (Å²) in [4.78, 5) is 26.9. The smallest absolute Gasteiger partial charge is 0.273 e. The summed E-state index contributed by atoms with van der Waals surface area (Å²) in [5, 5.41) is 6.73. The fraction of sp³-hybridized carbons (Fsp3) is 0.522. The summed E-state index contributed by atoms with van der Waals surface area (Å²) in [5.41, 5.74) is 0.825. The molecule has 30 heavy (non-hydrogen) atoms. The van der Waals surface area contributed by atoms with E-state index < -0.39 is 5.41 Å². The quantitative estimate of drug-likeness (QED) is 0.675. The van der Waals surface area contributed by atoms with Crippen LogP contribution in [0.25, 0.3) is 0 Å². The number of nitrogens with zero attached hydrogens (tertiary/aromatic N) is 2. The topological polar surface area (TPSA) is 84.7 Å². The lowest BCUT2D eigenvalue weighted by Crippen LogP contribution is -2.40. The van der Waals surface area contributed by atoms with Crippen LogP contribution in [0.2, 0.25) is 0 Å². The molecule has 0 saturated heterocycles. The average molecular weight is 416 g/mol. The first-order valence-electron chi connectivity index (χ1n) is 10.3. The average Bonchev–Trinajstić information content (AvgIpc) is 3.15. The molecule has 1 aromatic carbocycles. The first-order chi connectivity index (χ1) is 14.1. The molecule has 1 heterocycles. The number of hydrogen-bond donors (Lipinski definition) is 1. The van der Waals surface area contributed by atoms with Gasteiger partial charge in [0.1, 0.15) is 5.75 Å². The first kappa shape index (κ1) is 23.4. The van der Waals surface area contributed by atoms with Crippen molar-refractivity contribution in [3.63, 3.8) is 0 Å². The Morgan fingerprint density at radius 3 is 2.43 bits per heavy atom. The lowest BCUT2D eigenvalue weighted by Gasteiger charge is -2.30. The predicted molar refractivity (Wildman–Crippen MR) is 115 cm³/mol. The highest BCUT2D eigenvalue weighted by Crippen LogP contribution is 2.20. The van der Waals surface area contributed by atoms with Gasteiger partial charge in [0.05, 0.1) is 13.7 Å². The highest BCUT2D eigenvalue weighted by atomic mass is 16.5. The Morgan fingerprint density at radius 1 is 1.20 bits per heavy atom. The monoisotopic (exact) mass is 415 g/mol. The second-order valence-corrected chi connectivity index (χ2v) is 8.86. The Bertz CT molecular complexity index is 835. The molecule has 0 atom stereocenters. The predicted octanol–water partition coefficient (Wildman–Crippen LogP) is 3.69. The maximum absolute atomic E-state index is 12.7. The zero-order valence-corrected chi connectivity index (χ0v) is 18.8. The Hall–Kier alpha value is -2.83. The van der Waals surface area contributed by atoms with Crippen LogP contribution in [-0.4, -0.2) is 42.1 Å². The van der Waals surface area contributed by atoms with Gasteiger partial charge in [-0.15, -0.1) is 0 Å². The molecule has 0 aliphatic heterocycles. The third-order valence-electron chi connectivity index (χ3n) is 4.51. The molecule has 2 amide bonds. The van der Waals surface area contributed by atoms with E-state index in [9.17, 15) is 9.59 Å². The maximum Gasteiger partial charge on any atom is 0.273 e. The molecule has 2 rings (SSSR count). The van der Waals surface area contributed by atoms with Crippen LogP contribution in [0.4, 0.5) is 0 Å². The van der Waals surface area contributed by atoms with Crippen molar-refractivity contribution < 1.29 is 18.8 Å². The first-order valence-corrected chi connectivity index (χ1v) is 10.3. The molecular formula is C23H33N3O4. The van der Waals surface area contributed by atoms with E-state index in [2.05, 4.69) is 24.3 Å². The van der Waals surface area contributed by atoms with E-state index in [1.165, 1.54) is 0 Å². The molecule has 0 saturated carbocycles. The standard InChI is InChI=1S/C23H33N3O4/c1-16(2)14-26(22(28)23(3,4)5)15-19-13-20(25-30-19)21(27)24-12-11-17-7-9-18(29-6)10-8-17/h7-10,13,16H,11-12,14-15H2,1-6H3,(H,24,27). The number of nitrogens with one attached hydrogen (secondary N) is 1. The summed E-state index contributed by atoms with van der Waals surface area (Å²) < 4.78 is 10.5. The number of benzene rings is 1. The van der Waals surface area contributed by atoms with E-state index >= 15 is 0 Å². The number of amides is 2. The van der Waals surface area contributed by atoms with Crippen molar-refractivity contribution >= 4 is 11.8 Å². The van der Waals surface area contributed by atoms with Crippen LogP contribution in [0.3, 0.4) is 0 Å². The lowest BCUT2D eigenvalue weighted by atomic mass is 9.94. The summed E-state index contributed by atoms with van der Waals surface area (Å²) in [7, 11) is 1.63. The molecule has 0 spiro atoms. The van der Waals surface area contributed by atoms with Crippen molar-refractivity contribution in [1.82, 2.24) is 15.4 Å². The largest absolute Gasteiger partial charge is 0.497 e. The van der Waals surface area contributed by atoms with E-state index in [4.69, 9.17) is 9.26 Å². The number of ether oxygens (including phenoxy) is 1. The molecule has 0 unspecified atom stereocenters. The van der Waals surface area contributed by atoms with Crippen molar-refractivity contribution in [1.29, 1.82) is 0 Å².